The molecule has 0 unspecified atom stereocenters. The molecule has 0 spiro atoms. The lowest BCUT2D eigenvalue weighted by atomic mass is 10.0. The van der Waals surface area contributed by atoms with Crippen LogP contribution in [0, 0.1) is 12.3 Å². The SMILES string of the molecule is C#Cc1cccc(-c2ncc3c(-c4ccc(C(F)(F)F)nc4)cnc(N)c3n2)c1. The molecule has 4 aromatic rings. The molecular weight excluding hydrogens is 379 g/mol. The fraction of sp³-hybridized carbons (Fsp3) is 0.0476. The molecule has 0 bridgehead atoms. The van der Waals surface area contributed by atoms with Crippen LogP contribution in [-0.4, -0.2) is 19.9 Å². The quantitative estimate of drug-likeness (QED) is 0.515. The van der Waals surface area contributed by atoms with E-state index in [1.54, 1.807) is 24.4 Å². The number of aromatic nitrogens is 4. The van der Waals surface area contributed by atoms with Gasteiger partial charge in [-0.1, -0.05) is 24.1 Å². The minimum absolute atomic E-state index is 0.181. The van der Waals surface area contributed by atoms with Crippen molar-refractivity contribution in [1.29, 1.82) is 0 Å². The van der Waals surface area contributed by atoms with E-state index in [-0.39, 0.29) is 5.82 Å². The van der Waals surface area contributed by atoms with Crippen LogP contribution in [0.15, 0.2) is 55.0 Å². The number of terminal acetylenes is 1. The molecule has 0 saturated carbocycles. The van der Waals surface area contributed by atoms with Gasteiger partial charge in [0, 0.05) is 46.2 Å². The molecule has 4 rings (SSSR count). The van der Waals surface area contributed by atoms with E-state index in [4.69, 9.17) is 12.2 Å². The Morgan fingerprint density at radius 3 is 2.45 bits per heavy atom. The monoisotopic (exact) mass is 391 g/mol. The number of nitrogens with two attached hydrogens (primary N) is 1. The second-order valence-corrected chi connectivity index (χ2v) is 6.17. The Labute approximate surface area is 163 Å². The lowest BCUT2D eigenvalue weighted by Crippen LogP contribution is -2.07. The maximum atomic E-state index is 12.8. The Kier molecular flexibility index (Phi) is 4.35. The summed E-state index contributed by atoms with van der Waals surface area (Å²) in [6.45, 7) is 0. The van der Waals surface area contributed by atoms with Crippen LogP contribution in [-0.2, 0) is 6.18 Å². The summed E-state index contributed by atoms with van der Waals surface area (Å²) in [5.41, 5.74) is 7.77. The standard InChI is InChI=1S/C21H12F3N5/c1-2-12-4-3-5-13(8-12)20-28-11-16-15(10-27-19(25)18(16)29-20)14-6-7-17(26-9-14)21(22,23)24/h1,3-11H,(H2,25,27). The van der Waals surface area contributed by atoms with Crippen LogP contribution in [0.2, 0.25) is 0 Å². The number of pyridine rings is 2. The lowest BCUT2D eigenvalue weighted by molar-refractivity contribution is -0.141. The molecule has 3 aromatic heterocycles. The average molecular weight is 391 g/mol. The molecule has 0 fully saturated rings. The third-order valence-corrected chi connectivity index (χ3v) is 4.31. The largest absolute Gasteiger partial charge is 0.433 e. The minimum Gasteiger partial charge on any atom is -0.382 e. The Balaban J connectivity index is 1.83. The first-order valence-electron chi connectivity index (χ1n) is 8.39. The molecule has 0 aliphatic rings. The highest BCUT2D eigenvalue weighted by atomic mass is 19.4. The summed E-state index contributed by atoms with van der Waals surface area (Å²) in [7, 11) is 0. The number of rotatable bonds is 2. The highest BCUT2D eigenvalue weighted by Gasteiger charge is 2.32. The topological polar surface area (TPSA) is 77.6 Å². The number of anilines is 1. The van der Waals surface area contributed by atoms with E-state index in [0.717, 1.165) is 12.3 Å². The van der Waals surface area contributed by atoms with Gasteiger partial charge in [-0.25, -0.2) is 15.0 Å². The number of nitrogen functional groups attached to an aromatic ring is 1. The molecule has 0 saturated heterocycles. The van der Waals surface area contributed by atoms with E-state index in [0.29, 0.717) is 39.0 Å². The van der Waals surface area contributed by atoms with Crippen LogP contribution in [0.1, 0.15) is 11.3 Å². The molecule has 1 aromatic carbocycles. The predicted molar refractivity (Wildman–Crippen MR) is 103 cm³/mol. The average Bonchev–Trinajstić information content (AvgIpc) is 2.73. The first kappa shape index (κ1) is 18.4. The Morgan fingerprint density at radius 1 is 0.931 bits per heavy atom. The molecule has 0 radical (unpaired) electrons. The maximum absolute atomic E-state index is 12.8. The Bertz CT molecular complexity index is 1260. The van der Waals surface area contributed by atoms with E-state index in [1.807, 2.05) is 6.07 Å². The van der Waals surface area contributed by atoms with Crippen molar-refractivity contribution in [3.8, 4) is 34.9 Å². The second kappa shape index (κ2) is 6.87. The van der Waals surface area contributed by atoms with Crippen molar-refractivity contribution in [3.63, 3.8) is 0 Å². The fourth-order valence-electron chi connectivity index (χ4n) is 2.88. The summed E-state index contributed by atoms with van der Waals surface area (Å²) in [6, 6.07) is 9.41. The molecule has 3 heterocycles. The van der Waals surface area contributed by atoms with Gasteiger partial charge in [0.15, 0.2) is 5.82 Å². The predicted octanol–water partition coefficient (Wildman–Crippen LogP) is 4.34. The fourth-order valence-corrected chi connectivity index (χ4v) is 2.88. The number of hydrogen-bond acceptors (Lipinski definition) is 5. The molecule has 0 amide bonds. The van der Waals surface area contributed by atoms with Crippen molar-refractivity contribution in [2.24, 2.45) is 0 Å². The second-order valence-electron chi connectivity index (χ2n) is 6.17. The number of nitrogens with zero attached hydrogens (tertiary/aromatic N) is 4. The molecule has 29 heavy (non-hydrogen) atoms. The molecule has 142 valence electrons. The first-order chi connectivity index (χ1) is 13.9. The van der Waals surface area contributed by atoms with Gasteiger partial charge in [-0.3, -0.25) is 4.98 Å². The van der Waals surface area contributed by atoms with Gasteiger partial charge in [0.2, 0.25) is 0 Å². The van der Waals surface area contributed by atoms with Gasteiger partial charge in [-0.15, -0.1) is 6.42 Å². The zero-order chi connectivity index (χ0) is 20.6. The molecular formula is C21H12F3N5. The normalized spacial score (nSPS) is 11.4. The zero-order valence-corrected chi connectivity index (χ0v) is 14.8. The molecule has 0 aliphatic carbocycles. The number of benzene rings is 1. The number of hydrogen-bond donors (Lipinski definition) is 1. The number of fused-ring (bicyclic) bond motifs is 1. The molecule has 0 aliphatic heterocycles. The van der Waals surface area contributed by atoms with Crippen LogP contribution < -0.4 is 5.73 Å². The Morgan fingerprint density at radius 2 is 1.76 bits per heavy atom. The third-order valence-electron chi connectivity index (χ3n) is 4.31. The molecule has 5 nitrogen and oxygen atoms in total. The van der Waals surface area contributed by atoms with Crippen molar-refractivity contribution >= 4 is 16.7 Å². The summed E-state index contributed by atoms with van der Waals surface area (Å²) in [6.07, 6.45) is 5.09. The maximum Gasteiger partial charge on any atom is 0.433 e. The van der Waals surface area contributed by atoms with E-state index >= 15 is 0 Å². The number of alkyl halides is 3. The molecule has 8 heteroatoms. The van der Waals surface area contributed by atoms with Crippen molar-refractivity contribution in [3.05, 3.63) is 66.2 Å². The zero-order valence-electron chi connectivity index (χ0n) is 14.8. The van der Waals surface area contributed by atoms with Crippen molar-refractivity contribution in [1.82, 2.24) is 19.9 Å². The summed E-state index contributed by atoms with van der Waals surface area (Å²) in [5.74, 6) is 3.14. The van der Waals surface area contributed by atoms with E-state index < -0.39 is 11.9 Å². The van der Waals surface area contributed by atoms with Gasteiger partial charge in [0.25, 0.3) is 0 Å². The van der Waals surface area contributed by atoms with E-state index in [9.17, 15) is 13.2 Å². The Hall–Kier alpha value is -3.99. The molecule has 2 N–H and O–H groups in total. The van der Waals surface area contributed by atoms with Crippen LogP contribution in [0.25, 0.3) is 33.4 Å². The van der Waals surface area contributed by atoms with E-state index in [1.165, 1.54) is 12.3 Å². The van der Waals surface area contributed by atoms with Crippen molar-refractivity contribution in [2.45, 2.75) is 6.18 Å². The van der Waals surface area contributed by atoms with Gasteiger partial charge in [-0.2, -0.15) is 13.2 Å². The van der Waals surface area contributed by atoms with Gasteiger partial charge in [-0.05, 0) is 18.2 Å². The van der Waals surface area contributed by atoms with Crippen LogP contribution in [0.5, 0.6) is 0 Å². The highest BCUT2D eigenvalue weighted by molar-refractivity contribution is 5.98. The van der Waals surface area contributed by atoms with E-state index in [2.05, 4.69) is 25.9 Å². The van der Waals surface area contributed by atoms with Crippen molar-refractivity contribution < 1.29 is 13.2 Å². The summed E-state index contributed by atoms with van der Waals surface area (Å²) >= 11 is 0. The molecule has 0 atom stereocenters. The van der Waals surface area contributed by atoms with Crippen LogP contribution in [0.4, 0.5) is 19.0 Å². The lowest BCUT2D eigenvalue weighted by Gasteiger charge is -2.10. The summed E-state index contributed by atoms with van der Waals surface area (Å²) < 4.78 is 38.3. The summed E-state index contributed by atoms with van der Waals surface area (Å²) in [5, 5.41) is 0.552. The van der Waals surface area contributed by atoms with Gasteiger partial charge < -0.3 is 5.73 Å². The van der Waals surface area contributed by atoms with Gasteiger partial charge in [0.1, 0.15) is 17.0 Å². The third kappa shape index (κ3) is 3.46. The van der Waals surface area contributed by atoms with Crippen LogP contribution >= 0.6 is 0 Å². The number of halogens is 3. The minimum atomic E-state index is -4.51. The first-order valence-corrected chi connectivity index (χ1v) is 8.39. The van der Waals surface area contributed by atoms with Crippen molar-refractivity contribution in [2.75, 3.05) is 5.73 Å². The van der Waals surface area contributed by atoms with Gasteiger partial charge >= 0.3 is 6.18 Å². The summed E-state index contributed by atoms with van der Waals surface area (Å²) in [4.78, 5) is 16.5. The van der Waals surface area contributed by atoms with Gasteiger partial charge in [0.05, 0.1) is 0 Å². The highest BCUT2D eigenvalue weighted by Crippen LogP contribution is 2.32. The smallest absolute Gasteiger partial charge is 0.382 e. The van der Waals surface area contributed by atoms with Crippen LogP contribution in [0.3, 0.4) is 0 Å².